The van der Waals surface area contributed by atoms with E-state index in [0.717, 1.165) is 15.5 Å². The summed E-state index contributed by atoms with van der Waals surface area (Å²) in [4.78, 5) is -0.178. The summed E-state index contributed by atoms with van der Waals surface area (Å²) in [6.45, 7) is 5.41. The van der Waals surface area contributed by atoms with E-state index in [-0.39, 0.29) is 4.90 Å². The molecule has 0 aromatic heterocycles. The fourth-order valence-electron chi connectivity index (χ4n) is 2.62. The van der Waals surface area contributed by atoms with Gasteiger partial charge in [-0.1, -0.05) is 69.6 Å². The van der Waals surface area contributed by atoms with Gasteiger partial charge < -0.3 is 9.04 Å². The summed E-state index contributed by atoms with van der Waals surface area (Å²) in [7, 11) is 0.313. The van der Waals surface area contributed by atoms with Gasteiger partial charge in [0.05, 0.1) is 25.5 Å². The number of aryl methyl sites for hydroxylation is 1. The van der Waals surface area contributed by atoms with E-state index >= 15 is 0 Å². The van der Waals surface area contributed by atoms with E-state index in [2.05, 4.69) is 36.9 Å². The van der Waals surface area contributed by atoms with Crippen LogP contribution in [0.2, 0.25) is 0 Å². The molecule has 0 heterocycles. The smallest absolute Gasteiger partial charge is 0.133 e. The van der Waals surface area contributed by atoms with Gasteiger partial charge in [-0.2, -0.15) is 0 Å². The summed E-state index contributed by atoms with van der Waals surface area (Å²) >= 11 is 3.56. The highest BCUT2D eigenvalue weighted by Crippen LogP contribution is 2.11. The topological polar surface area (TPSA) is 57.2 Å². The normalized spacial score (nSPS) is 11.8. The molecule has 0 fully saturated rings. The van der Waals surface area contributed by atoms with E-state index < -0.39 is 10.1 Å². The third kappa shape index (κ3) is 15.2. The summed E-state index contributed by atoms with van der Waals surface area (Å²) in [6.07, 6.45) is 12.8. The molecule has 0 saturated carbocycles. The van der Waals surface area contributed by atoms with Crippen molar-refractivity contribution in [2.24, 2.45) is 0 Å². The molecular formula is C21H38BrNO3S. The third-order valence-electron chi connectivity index (χ3n) is 4.50. The number of quaternary nitrogens is 1. The van der Waals surface area contributed by atoms with E-state index in [1.807, 2.05) is 6.92 Å². The van der Waals surface area contributed by atoms with Crippen LogP contribution in [-0.2, 0) is 10.1 Å². The maximum absolute atomic E-state index is 10.4. The second kappa shape index (κ2) is 14.6. The fraction of sp³-hybridized carbons (Fsp3) is 0.714. The molecule has 0 bridgehead atoms. The quantitative estimate of drug-likeness (QED) is 0.128. The molecular weight excluding hydrogens is 426 g/mol. The number of unbranched alkanes of at least 4 members (excludes halogenated alkanes) is 8. The molecule has 0 aliphatic heterocycles. The molecule has 0 atom stereocenters. The van der Waals surface area contributed by atoms with E-state index in [0.29, 0.717) is 0 Å². The van der Waals surface area contributed by atoms with Crippen LogP contribution in [0.15, 0.2) is 29.2 Å². The van der Waals surface area contributed by atoms with Crippen molar-refractivity contribution in [3.8, 4) is 0 Å². The van der Waals surface area contributed by atoms with E-state index in [9.17, 15) is 13.0 Å². The third-order valence-corrected chi connectivity index (χ3v) is 6.71. The molecule has 0 amide bonds. The van der Waals surface area contributed by atoms with Gasteiger partial charge in [0, 0.05) is 0 Å². The number of hydrogen-bond acceptors (Lipinski definition) is 3. The molecule has 27 heavy (non-hydrogen) atoms. The second-order valence-electron chi connectivity index (χ2n) is 7.87. The molecule has 158 valence electrons. The second-order valence-corrected chi connectivity index (χ2v) is 9.76. The molecule has 0 unspecified atom stereocenters. The predicted octanol–water partition coefficient (Wildman–Crippen LogP) is 5.85. The van der Waals surface area contributed by atoms with Crippen molar-refractivity contribution in [3.05, 3.63) is 29.8 Å². The van der Waals surface area contributed by atoms with E-state index in [4.69, 9.17) is 0 Å². The van der Waals surface area contributed by atoms with Gasteiger partial charge in [-0.15, -0.1) is 0 Å². The highest BCUT2D eigenvalue weighted by atomic mass is 79.9. The van der Waals surface area contributed by atoms with E-state index in [1.54, 1.807) is 12.1 Å². The van der Waals surface area contributed by atoms with Crippen LogP contribution >= 0.6 is 15.9 Å². The number of alkyl halides is 1. The summed E-state index contributed by atoms with van der Waals surface area (Å²) in [5.74, 6) is 0. The summed E-state index contributed by atoms with van der Waals surface area (Å²) < 4.78 is 32.3. The number of hydrogen-bond donors (Lipinski definition) is 0. The zero-order valence-corrected chi connectivity index (χ0v) is 19.9. The Morgan fingerprint density at radius 2 is 1.33 bits per heavy atom. The van der Waals surface area contributed by atoms with Gasteiger partial charge in [0.15, 0.2) is 0 Å². The van der Waals surface area contributed by atoms with Gasteiger partial charge in [0.1, 0.15) is 15.6 Å². The van der Waals surface area contributed by atoms with Crippen LogP contribution in [0, 0.1) is 6.92 Å². The Morgan fingerprint density at radius 1 is 0.889 bits per heavy atom. The van der Waals surface area contributed by atoms with Gasteiger partial charge >= 0.3 is 0 Å². The molecule has 4 nitrogen and oxygen atoms in total. The van der Waals surface area contributed by atoms with Gasteiger partial charge in [-0.3, -0.25) is 0 Å². The van der Waals surface area contributed by atoms with Crippen LogP contribution in [0.5, 0.6) is 0 Å². The predicted molar refractivity (Wildman–Crippen MR) is 117 cm³/mol. The summed E-state index contributed by atoms with van der Waals surface area (Å²) in [6, 6.07) is 5.78. The summed E-state index contributed by atoms with van der Waals surface area (Å²) in [5, 5.41) is 0. The van der Waals surface area contributed by atoms with Crippen LogP contribution in [0.25, 0.3) is 0 Å². The minimum absolute atomic E-state index is 0.178. The molecule has 1 aromatic carbocycles. The molecule has 1 rings (SSSR count). The largest absolute Gasteiger partial charge is 0.744 e. The average Bonchev–Trinajstić information content (AvgIpc) is 2.60. The van der Waals surface area contributed by atoms with Gasteiger partial charge in [-0.25, -0.2) is 8.42 Å². The van der Waals surface area contributed by atoms with Gasteiger partial charge in [-0.05, 0) is 47.8 Å². The first kappa shape index (κ1) is 26.6. The lowest BCUT2D eigenvalue weighted by atomic mass is 10.1. The van der Waals surface area contributed by atoms with E-state index in [1.165, 1.54) is 76.5 Å². The Labute approximate surface area is 175 Å². The number of benzene rings is 1. The maximum Gasteiger partial charge on any atom is 0.133 e. The fourth-order valence-corrected chi connectivity index (χ4v) is 3.34. The Hall–Kier alpha value is -0.430. The molecule has 0 radical (unpaired) electrons. The lowest BCUT2D eigenvalue weighted by Gasteiger charge is -2.26. The van der Waals surface area contributed by atoms with Crippen molar-refractivity contribution in [2.45, 2.75) is 76.5 Å². The number of rotatable bonds is 12. The van der Waals surface area contributed by atoms with Crippen LogP contribution in [-0.4, -0.2) is 43.5 Å². The molecule has 0 N–H and O–H groups in total. The van der Waals surface area contributed by atoms with Gasteiger partial charge in [0.2, 0.25) is 0 Å². The summed E-state index contributed by atoms with van der Waals surface area (Å²) in [5.41, 5.74) is 2.00. The molecule has 0 aliphatic rings. The SMILES string of the molecule is CCCCCCCCCCC[N+](C)(C)CBr.Cc1ccc(S(=O)(=O)[O-])cc1. The lowest BCUT2D eigenvalue weighted by Crippen LogP contribution is -2.38. The first-order valence-electron chi connectivity index (χ1n) is 10.0. The first-order chi connectivity index (χ1) is 12.6. The van der Waals surface area contributed by atoms with Crippen LogP contribution in [0.3, 0.4) is 0 Å². The monoisotopic (exact) mass is 463 g/mol. The molecule has 0 saturated heterocycles. The molecule has 0 aliphatic carbocycles. The van der Waals surface area contributed by atoms with Crippen molar-refractivity contribution in [3.63, 3.8) is 0 Å². The number of nitrogens with zero attached hydrogens (tertiary/aromatic N) is 1. The Balaban J connectivity index is 0.000000533. The Kier molecular flexibility index (Phi) is 14.3. The van der Waals surface area contributed by atoms with Crippen molar-refractivity contribution in [1.82, 2.24) is 0 Å². The average molecular weight is 465 g/mol. The minimum atomic E-state index is -4.27. The Morgan fingerprint density at radius 3 is 1.74 bits per heavy atom. The van der Waals surface area contributed by atoms with Crippen molar-refractivity contribution in [2.75, 3.05) is 26.1 Å². The highest BCUT2D eigenvalue weighted by Gasteiger charge is 2.10. The molecule has 1 aromatic rings. The van der Waals surface area contributed by atoms with Crippen LogP contribution in [0.4, 0.5) is 0 Å². The zero-order valence-electron chi connectivity index (χ0n) is 17.5. The minimum Gasteiger partial charge on any atom is -0.744 e. The van der Waals surface area contributed by atoms with Crippen molar-refractivity contribution in [1.29, 1.82) is 0 Å². The van der Waals surface area contributed by atoms with Crippen LogP contribution < -0.4 is 0 Å². The molecule has 0 spiro atoms. The van der Waals surface area contributed by atoms with Crippen LogP contribution in [0.1, 0.15) is 70.3 Å². The first-order valence-corrected chi connectivity index (χ1v) is 12.6. The maximum atomic E-state index is 10.4. The molecule has 6 heteroatoms. The van der Waals surface area contributed by atoms with Gasteiger partial charge in [0.25, 0.3) is 0 Å². The zero-order chi connectivity index (χ0) is 20.8. The van der Waals surface area contributed by atoms with Crippen molar-refractivity contribution >= 4 is 26.0 Å². The highest BCUT2D eigenvalue weighted by molar-refractivity contribution is 9.09. The van der Waals surface area contributed by atoms with Crippen molar-refractivity contribution < 1.29 is 17.5 Å². The Bertz CT molecular complexity index is 586. The lowest BCUT2D eigenvalue weighted by molar-refractivity contribution is -0.876. The number of halogens is 1. The standard InChI is InChI=1S/C14H31BrN.C7H8O3S/c1-4-5-6-7-8-9-10-11-12-13-16(2,3)14-15;1-6-2-4-7(5-3-6)11(8,9)10/h4-14H2,1-3H3;2-5H,1H3,(H,8,9,10)/q+1;/p-1.